The van der Waals surface area contributed by atoms with E-state index < -0.39 is 5.97 Å². The summed E-state index contributed by atoms with van der Waals surface area (Å²) in [5.41, 5.74) is 0.944. The predicted molar refractivity (Wildman–Crippen MR) is 93.6 cm³/mol. The molecule has 0 bridgehead atoms. The van der Waals surface area contributed by atoms with Gasteiger partial charge in [0.05, 0.1) is 27.8 Å². The van der Waals surface area contributed by atoms with Gasteiger partial charge in [0.2, 0.25) is 5.95 Å². The molecule has 1 saturated carbocycles. The number of rotatable bonds is 5. The topological polar surface area (TPSA) is 64.1 Å². The van der Waals surface area contributed by atoms with E-state index in [1.165, 1.54) is 12.4 Å². The number of halogens is 2. The van der Waals surface area contributed by atoms with E-state index in [2.05, 4.69) is 15.3 Å². The SMILES string of the molecule is CCOC(=O)c1cnc(NC2(c3cccc(Cl)c3Cl)CCC2)nc1. The van der Waals surface area contributed by atoms with E-state index in [9.17, 15) is 4.79 Å². The highest BCUT2D eigenvalue weighted by molar-refractivity contribution is 6.42. The van der Waals surface area contributed by atoms with Crippen LogP contribution in [0.1, 0.15) is 42.1 Å². The number of carbonyl (C=O) groups excluding carboxylic acids is 1. The molecule has 0 unspecified atom stereocenters. The first-order chi connectivity index (χ1) is 11.6. The molecule has 0 atom stereocenters. The van der Waals surface area contributed by atoms with Gasteiger partial charge in [0.1, 0.15) is 0 Å². The summed E-state index contributed by atoms with van der Waals surface area (Å²) in [6.07, 6.45) is 5.82. The molecule has 1 aliphatic rings. The van der Waals surface area contributed by atoms with Crippen molar-refractivity contribution in [2.45, 2.75) is 31.7 Å². The first kappa shape index (κ1) is 17.0. The zero-order valence-electron chi connectivity index (χ0n) is 13.2. The quantitative estimate of drug-likeness (QED) is 0.792. The highest BCUT2D eigenvalue weighted by Crippen LogP contribution is 2.47. The van der Waals surface area contributed by atoms with E-state index in [1.807, 2.05) is 12.1 Å². The number of hydrogen-bond donors (Lipinski definition) is 1. The van der Waals surface area contributed by atoms with Crippen molar-refractivity contribution in [1.82, 2.24) is 9.97 Å². The summed E-state index contributed by atoms with van der Waals surface area (Å²) < 4.78 is 4.93. The second kappa shape index (κ2) is 6.95. The molecular weight excluding hydrogens is 349 g/mol. The lowest BCUT2D eigenvalue weighted by Gasteiger charge is -2.43. The molecule has 0 saturated heterocycles. The van der Waals surface area contributed by atoms with Crippen LogP contribution in [-0.4, -0.2) is 22.5 Å². The fourth-order valence-electron chi connectivity index (χ4n) is 2.79. The molecule has 1 N–H and O–H groups in total. The summed E-state index contributed by atoms with van der Waals surface area (Å²) in [6.45, 7) is 2.07. The minimum atomic E-state index is -0.430. The Kier molecular flexibility index (Phi) is 4.92. The maximum Gasteiger partial charge on any atom is 0.341 e. The molecule has 1 aliphatic carbocycles. The van der Waals surface area contributed by atoms with Crippen molar-refractivity contribution in [3.63, 3.8) is 0 Å². The van der Waals surface area contributed by atoms with E-state index in [0.29, 0.717) is 28.2 Å². The number of esters is 1. The number of hydrogen-bond acceptors (Lipinski definition) is 5. The zero-order valence-corrected chi connectivity index (χ0v) is 14.7. The Labute approximate surface area is 150 Å². The minimum Gasteiger partial charge on any atom is -0.462 e. The normalized spacial score (nSPS) is 15.5. The molecule has 1 heterocycles. The Morgan fingerprint density at radius 2 is 2.00 bits per heavy atom. The Balaban J connectivity index is 1.83. The molecule has 2 aromatic rings. The average molecular weight is 366 g/mol. The Morgan fingerprint density at radius 3 is 2.58 bits per heavy atom. The fraction of sp³-hybridized carbons (Fsp3) is 0.353. The maximum atomic E-state index is 11.7. The van der Waals surface area contributed by atoms with Crippen LogP contribution < -0.4 is 5.32 Å². The van der Waals surface area contributed by atoms with Crippen LogP contribution in [0.4, 0.5) is 5.95 Å². The van der Waals surface area contributed by atoms with Gasteiger partial charge in [-0.2, -0.15) is 0 Å². The van der Waals surface area contributed by atoms with Crippen LogP contribution in [0.3, 0.4) is 0 Å². The van der Waals surface area contributed by atoms with E-state index in [1.54, 1.807) is 13.0 Å². The number of carbonyl (C=O) groups is 1. The third-order valence-corrected chi connectivity index (χ3v) is 5.01. The van der Waals surface area contributed by atoms with Gasteiger partial charge < -0.3 is 10.1 Å². The lowest BCUT2D eigenvalue weighted by atomic mass is 9.72. The molecule has 126 valence electrons. The fourth-order valence-corrected chi connectivity index (χ4v) is 3.27. The summed E-state index contributed by atoms with van der Waals surface area (Å²) in [4.78, 5) is 20.1. The van der Waals surface area contributed by atoms with Gasteiger partial charge in [-0.15, -0.1) is 0 Å². The van der Waals surface area contributed by atoms with E-state index >= 15 is 0 Å². The van der Waals surface area contributed by atoms with Crippen molar-refractivity contribution in [2.24, 2.45) is 0 Å². The van der Waals surface area contributed by atoms with Crippen molar-refractivity contribution in [3.05, 3.63) is 51.8 Å². The predicted octanol–water partition coefficient (Wildman–Crippen LogP) is 4.45. The van der Waals surface area contributed by atoms with Gasteiger partial charge >= 0.3 is 5.97 Å². The standard InChI is InChI=1S/C17H17Cl2N3O2/c1-2-24-15(23)11-9-20-16(21-10-11)22-17(7-4-8-17)12-5-3-6-13(18)14(12)19/h3,5-6,9-10H,2,4,7-8H2,1H3,(H,20,21,22). The van der Waals surface area contributed by atoms with Gasteiger partial charge in [0, 0.05) is 12.4 Å². The first-order valence-corrected chi connectivity index (χ1v) is 8.53. The van der Waals surface area contributed by atoms with Crippen molar-refractivity contribution in [1.29, 1.82) is 0 Å². The van der Waals surface area contributed by atoms with Crippen LogP contribution in [0, 0.1) is 0 Å². The van der Waals surface area contributed by atoms with Gasteiger partial charge in [-0.25, -0.2) is 14.8 Å². The second-order valence-electron chi connectivity index (χ2n) is 5.68. The van der Waals surface area contributed by atoms with E-state index in [4.69, 9.17) is 27.9 Å². The van der Waals surface area contributed by atoms with Crippen LogP contribution >= 0.6 is 23.2 Å². The lowest BCUT2D eigenvalue weighted by molar-refractivity contribution is 0.0525. The second-order valence-corrected chi connectivity index (χ2v) is 6.46. The summed E-state index contributed by atoms with van der Waals surface area (Å²) in [6, 6.07) is 5.62. The van der Waals surface area contributed by atoms with Gasteiger partial charge in [0.15, 0.2) is 0 Å². The third-order valence-electron chi connectivity index (χ3n) is 4.19. The summed E-state index contributed by atoms with van der Waals surface area (Å²) >= 11 is 12.5. The number of aromatic nitrogens is 2. The van der Waals surface area contributed by atoms with Crippen LogP contribution in [0.15, 0.2) is 30.6 Å². The molecule has 0 radical (unpaired) electrons. The Hall–Kier alpha value is -1.85. The monoisotopic (exact) mass is 365 g/mol. The summed E-state index contributed by atoms with van der Waals surface area (Å²) in [7, 11) is 0. The molecule has 0 aliphatic heterocycles. The van der Waals surface area contributed by atoms with Gasteiger partial charge in [-0.3, -0.25) is 0 Å². The molecule has 5 nitrogen and oxygen atoms in total. The molecule has 7 heteroatoms. The van der Waals surface area contributed by atoms with Crippen molar-refractivity contribution < 1.29 is 9.53 Å². The van der Waals surface area contributed by atoms with Crippen LogP contribution in [-0.2, 0) is 10.3 Å². The first-order valence-electron chi connectivity index (χ1n) is 7.77. The van der Waals surface area contributed by atoms with E-state index in [-0.39, 0.29) is 5.54 Å². The molecule has 0 amide bonds. The maximum absolute atomic E-state index is 11.7. The van der Waals surface area contributed by atoms with Crippen molar-refractivity contribution in [2.75, 3.05) is 11.9 Å². The highest BCUT2D eigenvalue weighted by atomic mass is 35.5. The van der Waals surface area contributed by atoms with Gasteiger partial charge in [0.25, 0.3) is 0 Å². The smallest absolute Gasteiger partial charge is 0.341 e. The molecular formula is C17H17Cl2N3O2. The van der Waals surface area contributed by atoms with Gasteiger partial charge in [-0.05, 0) is 37.8 Å². The number of nitrogens with one attached hydrogen (secondary N) is 1. The number of nitrogens with zero attached hydrogens (tertiary/aromatic N) is 2. The molecule has 24 heavy (non-hydrogen) atoms. The zero-order chi connectivity index (χ0) is 17.2. The molecule has 1 aromatic heterocycles. The number of benzene rings is 1. The average Bonchev–Trinajstić information content (AvgIpc) is 2.55. The number of ether oxygens (including phenoxy) is 1. The molecule has 1 aromatic carbocycles. The molecule has 1 fully saturated rings. The molecule has 3 rings (SSSR count). The van der Waals surface area contributed by atoms with E-state index in [0.717, 1.165) is 24.8 Å². The minimum absolute atomic E-state index is 0.315. The van der Waals surface area contributed by atoms with Crippen LogP contribution in [0.2, 0.25) is 10.0 Å². The lowest BCUT2D eigenvalue weighted by Crippen LogP contribution is -2.42. The third kappa shape index (κ3) is 3.19. The van der Waals surface area contributed by atoms with Crippen molar-refractivity contribution >= 4 is 35.1 Å². The van der Waals surface area contributed by atoms with Crippen LogP contribution in [0.25, 0.3) is 0 Å². The highest BCUT2D eigenvalue weighted by Gasteiger charge is 2.41. The Bertz CT molecular complexity index is 746. The summed E-state index contributed by atoms with van der Waals surface area (Å²) in [5, 5.41) is 4.44. The summed E-state index contributed by atoms with van der Waals surface area (Å²) in [5.74, 6) is 0.0130. The Morgan fingerprint density at radius 1 is 1.29 bits per heavy atom. The van der Waals surface area contributed by atoms with Gasteiger partial charge in [-0.1, -0.05) is 35.3 Å². The largest absolute Gasteiger partial charge is 0.462 e. The van der Waals surface area contributed by atoms with Crippen molar-refractivity contribution in [3.8, 4) is 0 Å². The number of anilines is 1. The molecule has 0 spiro atoms. The van der Waals surface area contributed by atoms with Crippen LogP contribution in [0.5, 0.6) is 0 Å².